The van der Waals surface area contributed by atoms with Crippen molar-refractivity contribution in [3.63, 3.8) is 0 Å². The van der Waals surface area contributed by atoms with Gasteiger partial charge in [-0.15, -0.1) is 0 Å². The van der Waals surface area contributed by atoms with E-state index in [1.807, 2.05) is 24.3 Å². The zero-order valence-electron chi connectivity index (χ0n) is 22.3. The third kappa shape index (κ3) is 3.86. The van der Waals surface area contributed by atoms with E-state index in [2.05, 4.69) is 6.92 Å². The summed E-state index contributed by atoms with van der Waals surface area (Å²) in [6.45, 7) is 2.13. The Morgan fingerprint density at radius 1 is 1.13 bits per heavy atom. The SMILES string of the molecule is CCCCCc1ccc2cc3c(c(O)c2c1)C(O)=C1C(=O)[C@]2(O)C(O)=C(C(N)=O)C(=O)[C@@H](N(C)C)[C@@H]2C[C@@H]1C3. The Labute approximate surface area is 226 Å². The number of amides is 1. The number of rotatable bonds is 6. The number of ketones is 2. The van der Waals surface area contributed by atoms with Crippen LogP contribution in [0.5, 0.6) is 5.75 Å². The molecular weight excluding hydrogens is 500 g/mol. The highest BCUT2D eigenvalue weighted by atomic mass is 16.3. The summed E-state index contributed by atoms with van der Waals surface area (Å²) >= 11 is 0. The van der Waals surface area contributed by atoms with Gasteiger partial charge in [0.05, 0.1) is 11.6 Å². The minimum absolute atomic E-state index is 0.0704. The molecule has 0 spiro atoms. The lowest BCUT2D eigenvalue weighted by atomic mass is 9.57. The van der Waals surface area contributed by atoms with E-state index in [1.165, 1.54) is 4.90 Å². The Hall–Kier alpha value is -3.69. The van der Waals surface area contributed by atoms with E-state index in [1.54, 1.807) is 14.1 Å². The van der Waals surface area contributed by atoms with Crippen LogP contribution in [-0.4, -0.2) is 68.5 Å². The molecule has 0 aromatic heterocycles. The number of fused-ring (bicyclic) bond motifs is 4. The molecule has 6 N–H and O–H groups in total. The first kappa shape index (κ1) is 26.9. The number of phenolic OH excluding ortho intramolecular Hbond substituents is 1. The van der Waals surface area contributed by atoms with Gasteiger partial charge in [-0.25, -0.2) is 0 Å². The third-order valence-electron chi connectivity index (χ3n) is 8.66. The fraction of sp³-hybridized carbons (Fsp3) is 0.433. The van der Waals surface area contributed by atoms with Crippen molar-refractivity contribution >= 4 is 34.0 Å². The second-order valence-corrected chi connectivity index (χ2v) is 11.2. The van der Waals surface area contributed by atoms with Crippen LogP contribution in [-0.2, 0) is 27.2 Å². The predicted octanol–water partition coefficient (Wildman–Crippen LogP) is 2.85. The lowest BCUT2D eigenvalue weighted by molar-refractivity contribution is -0.153. The number of nitrogens with two attached hydrogens (primary N) is 1. The first-order valence-electron chi connectivity index (χ1n) is 13.4. The van der Waals surface area contributed by atoms with Gasteiger partial charge in [0.15, 0.2) is 11.4 Å². The maximum atomic E-state index is 13.9. The smallest absolute Gasteiger partial charge is 0.255 e. The van der Waals surface area contributed by atoms with Gasteiger partial charge in [0.25, 0.3) is 5.91 Å². The first-order chi connectivity index (χ1) is 18.4. The molecule has 2 aromatic rings. The number of nitrogens with zero attached hydrogens (tertiary/aromatic N) is 1. The predicted molar refractivity (Wildman–Crippen MR) is 145 cm³/mol. The number of carbonyl (C=O) groups excluding carboxylic acids is 3. The highest BCUT2D eigenvalue weighted by Gasteiger charge is 2.64. The van der Waals surface area contributed by atoms with E-state index in [4.69, 9.17) is 5.73 Å². The summed E-state index contributed by atoms with van der Waals surface area (Å²) in [5, 5.41) is 46.7. The van der Waals surface area contributed by atoms with Crippen molar-refractivity contribution in [2.24, 2.45) is 17.6 Å². The summed E-state index contributed by atoms with van der Waals surface area (Å²) in [5.41, 5.74) is 3.58. The number of carbonyl (C=O) groups is 3. The summed E-state index contributed by atoms with van der Waals surface area (Å²) in [7, 11) is 3.16. The minimum Gasteiger partial charge on any atom is -0.508 e. The van der Waals surface area contributed by atoms with Crippen LogP contribution < -0.4 is 5.73 Å². The monoisotopic (exact) mass is 534 g/mol. The molecule has 9 heteroatoms. The highest BCUT2D eigenvalue weighted by Crippen LogP contribution is 2.53. The molecule has 1 saturated carbocycles. The van der Waals surface area contributed by atoms with Crippen molar-refractivity contribution in [3.8, 4) is 5.75 Å². The number of hydrogen-bond acceptors (Lipinski definition) is 8. The topological polar surface area (TPSA) is 161 Å². The molecule has 0 saturated heterocycles. The Balaban J connectivity index is 1.67. The molecule has 9 nitrogen and oxygen atoms in total. The molecule has 3 aliphatic rings. The standard InChI is InChI=1S/C30H34N2O7/c1-4-5-6-7-14-8-9-15-11-16-12-17-13-19-23(32(2)3)26(35)22(29(31)38)28(37)30(19,39)27(36)21(17)25(34)20(16)24(33)18(15)10-14/h8-11,17,19,23,33-34,37,39H,4-7,12-13H2,1-3H3,(H2,31,38)/t17-,19-,23-,30-/m0/s1. The van der Waals surface area contributed by atoms with E-state index in [9.17, 15) is 34.8 Å². The van der Waals surface area contributed by atoms with Crippen LogP contribution in [0.2, 0.25) is 0 Å². The average Bonchev–Trinajstić information content (AvgIpc) is 2.86. The zero-order chi connectivity index (χ0) is 28.4. The summed E-state index contributed by atoms with van der Waals surface area (Å²) in [5.74, 6) is -6.41. The molecule has 39 heavy (non-hydrogen) atoms. The van der Waals surface area contributed by atoms with Gasteiger partial charge in [-0.05, 0) is 68.3 Å². The maximum Gasteiger partial charge on any atom is 0.255 e. The number of unbranched alkanes of at least 4 members (excludes halogenated alkanes) is 2. The summed E-state index contributed by atoms with van der Waals surface area (Å²) in [6, 6.07) is 6.64. The molecule has 3 aliphatic carbocycles. The molecule has 2 aromatic carbocycles. The van der Waals surface area contributed by atoms with Crippen LogP contribution in [0.4, 0.5) is 0 Å². The molecule has 0 aliphatic heterocycles. The normalized spacial score (nSPS) is 26.6. The molecule has 1 fully saturated rings. The van der Waals surface area contributed by atoms with Crippen LogP contribution in [0, 0.1) is 11.8 Å². The lowest BCUT2D eigenvalue weighted by Gasteiger charge is -2.50. The van der Waals surface area contributed by atoms with E-state index < -0.39 is 58.0 Å². The molecule has 5 rings (SSSR count). The van der Waals surface area contributed by atoms with Crippen molar-refractivity contribution in [1.82, 2.24) is 4.90 Å². The van der Waals surface area contributed by atoms with Gasteiger partial charge in [-0.3, -0.25) is 19.3 Å². The van der Waals surface area contributed by atoms with Crippen LogP contribution in [0.3, 0.4) is 0 Å². The van der Waals surface area contributed by atoms with Gasteiger partial charge in [-0.1, -0.05) is 38.0 Å². The number of primary amides is 1. The van der Waals surface area contributed by atoms with E-state index in [0.717, 1.165) is 36.6 Å². The van der Waals surface area contributed by atoms with Crippen molar-refractivity contribution in [2.45, 2.75) is 57.1 Å². The van der Waals surface area contributed by atoms with Gasteiger partial charge in [0.1, 0.15) is 22.8 Å². The fourth-order valence-electron chi connectivity index (χ4n) is 6.79. The molecule has 0 heterocycles. The number of aromatic hydroxyl groups is 1. The lowest BCUT2D eigenvalue weighted by Crippen LogP contribution is -2.65. The fourth-order valence-corrected chi connectivity index (χ4v) is 6.79. The zero-order valence-corrected chi connectivity index (χ0v) is 22.3. The van der Waals surface area contributed by atoms with Gasteiger partial charge in [0.2, 0.25) is 5.78 Å². The molecule has 0 unspecified atom stereocenters. The molecule has 206 valence electrons. The summed E-state index contributed by atoms with van der Waals surface area (Å²) in [6.07, 6.45) is 4.39. The molecule has 4 atom stereocenters. The number of aliphatic hydroxyl groups is 3. The number of aliphatic hydroxyl groups excluding tert-OH is 2. The second kappa shape index (κ2) is 9.50. The van der Waals surface area contributed by atoms with Gasteiger partial charge < -0.3 is 26.2 Å². The Kier molecular flexibility index (Phi) is 6.55. The van der Waals surface area contributed by atoms with Crippen molar-refractivity contribution < 1.29 is 34.8 Å². The molecule has 1 amide bonds. The number of aryl methyl sites for hydroxylation is 1. The van der Waals surface area contributed by atoms with Gasteiger partial charge in [0, 0.05) is 16.9 Å². The van der Waals surface area contributed by atoms with Gasteiger partial charge >= 0.3 is 0 Å². The average molecular weight is 535 g/mol. The van der Waals surface area contributed by atoms with E-state index in [0.29, 0.717) is 10.9 Å². The number of hydrogen-bond donors (Lipinski definition) is 5. The van der Waals surface area contributed by atoms with Gasteiger partial charge in [-0.2, -0.15) is 0 Å². The van der Waals surface area contributed by atoms with E-state index in [-0.39, 0.29) is 29.7 Å². The van der Waals surface area contributed by atoms with Crippen molar-refractivity contribution in [3.05, 3.63) is 57.9 Å². The first-order valence-corrected chi connectivity index (χ1v) is 13.4. The Morgan fingerprint density at radius 2 is 1.85 bits per heavy atom. The molecule has 0 radical (unpaired) electrons. The van der Waals surface area contributed by atoms with Crippen LogP contribution in [0.15, 0.2) is 41.2 Å². The van der Waals surface area contributed by atoms with Crippen LogP contribution >= 0.6 is 0 Å². The molecular formula is C30H34N2O7. The second-order valence-electron chi connectivity index (χ2n) is 11.2. The van der Waals surface area contributed by atoms with Crippen molar-refractivity contribution in [2.75, 3.05) is 14.1 Å². The summed E-state index contributed by atoms with van der Waals surface area (Å²) < 4.78 is 0. The third-order valence-corrected chi connectivity index (χ3v) is 8.66. The van der Waals surface area contributed by atoms with Crippen molar-refractivity contribution in [1.29, 1.82) is 0 Å². The maximum absolute atomic E-state index is 13.9. The quantitative estimate of drug-likeness (QED) is 0.279. The number of likely N-dealkylation sites (N-methyl/N-ethyl adjacent to an activating group) is 1. The molecule has 0 bridgehead atoms. The number of Topliss-reactive ketones (excluding diaryl/α,β-unsaturated/α-hetero) is 2. The highest BCUT2D eigenvalue weighted by molar-refractivity contribution is 6.24. The van der Waals surface area contributed by atoms with E-state index >= 15 is 0 Å². The Bertz CT molecular complexity index is 1490. The summed E-state index contributed by atoms with van der Waals surface area (Å²) in [4.78, 5) is 40.7. The minimum atomic E-state index is -2.64. The number of benzene rings is 2. The van der Waals surface area contributed by atoms with Crippen LogP contribution in [0.1, 0.15) is 49.3 Å². The Morgan fingerprint density at radius 3 is 2.49 bits per heavy atom. The largest absolute Gasteiger partial charge is 0.508 e. The number of phenols is 1. The van der Waals surface area contributed by atoms with Crippen LogP contribution in [0.25, 0.3) is 16.5 Å².